The molecule has 0 aliphatic carbocycles. The Hall–Kier alpha value is -3.56. The minimum Gasteiger partial charge on any atom is -0.478 e. The first-order chi connectivity index (χ1) is 15.6. The number of fused-ring (bicyclic) bond motifs is 1. The lowest BCUT2D eigenvalue weighted by Gasteiger charge is -2.15. The first-order valence-corrected chi connectivity index (χ1v) is 11.2. The fourth-order valence-electron chi connectivity index (χ4n) is 3.42. The SMILES string of the molecule is O=C(O)c1ccc(F)c(-c2ccc(NS(=O)(=O)c3cc(F)cc(F)c3Cl)c3ccccc23)c1. The Balaban J connectivity index is 1.87. The Morgan fingerprint density at radius 2 is 1.55 bits per heavy atom. The summed E-state index contributed by atoms with van der Waals surface area (Å²) >= 11 is 5.75. The molecule has 0 aliphatic rings. The van der Waals surface area contributed by atoms with Crippen molar-refractivity contribution in [3.8, 4) is 11.1 Å². The zero-order valence-corrected chi connectivity index (χ0v) is 18.0. The van der Waals surface area contributed by atoms with Crippen molar-refractivity contribution in [3.05, 3.63) is 94.8 Å². The number of hydrogen-bond acceptors (Lipinski definition) is 3. The van der Waals surface area contributed by atoms with E-state index < -0.39 is 43.4 Å². The molecular formula is C23H13ClF3NO4S. The molecule has 10 heteroatoms. The topological polar surface area (TPSA) is 83.5 Å². The number of sulfonamides is 1. The fraction of sp³-hybridized carbons (Fsp3) is 0. The molecule has 0 aromatic heterocycles. The van der Waals surface area contributed by atoms with E-state index in [4.69, 9.17) is 11.6 Å². The monoisotopic (exact) mass is 491 g/mol. The molecule has 168 valence electrons. The molecule has 0 bridgehead atoms. The molecule has 0 unspecified atom stereocenters. The third kappa shape index (κ3) is 4.24. The minimum atomic E-state index is -4.50. The van der Waals surface area contributed by atoms with E-state index in [1.165, 1.54) is 18.2 Å². The normalized spacial score (nSPS) is 11.5. The second-order valence-corrected chi connectivity index (χ2v) is 9.04. The van der Waals surface area contributed by atoms with Crippen LogP contribution < -0.4 is 4.72 Å². The average Bonchev–Trinajstić information content (AvgIpc) is 2.76. The van der Waals surface area contributed by atoms with Crippen molar-refractivity contribution in [1.82, 2.24) is 0 Å². The van der Waals surface area contributed by atoms with Crippen molar-refractivity contribution >= 4 is 44.1 Å². The third-order valence-corrected chi connectivity index (χ3v) is 6.81. The molecule has 0 aliphatic heterocycles. The Morgan fingerprint density at radius 1 is 0.848 bits per heavy atom. The van der Waals surface area contributed by atoms with Crippen LogP contribution in [0.3, 0.4) is 0 Å². The molecule has 5 nitrogen and oxygen atoms in total. The van der Waals surface area contributed by atoms with Gasteiger partial charge in [-0.15, -0.1) is 0 Å². The van der Waals surface area contributed by atoms with Crippen LogP contribution >= 0.6 is 11.6 Å². The van der Waals surface area contributed by atoms with E-state index in [1.54, 1.807) is 24.3 Å². The predicted molar refractivity (Wildman–Crippen MR) is 118 cm³/mol. The zero-order valence-electron chi connectivity index (χ0n) is 16.4. The van der Waals surface area contributed by atoms with Crippen molar-refractivity contribution in [3.63, 3.8) is 0 Å². The summed E-state index contributed by atoms with van der Waals surface area (Å²) in [5.74, 6) is -4.25. The van der Waals surface area contributed by atoms with E-state index in [9.17, 15) is 31.5 Å². The molecular weight excluding hydrogens is 479 g/mol. The van der Waals surface area contributed by atoms with Crippen molar-refractivity contribution in [2.45, 2.75) is 4.90 Å². The van der Waals surface area contributed by atoms with Gasteiger partial charge < -0.3 is 5.11 Å². The van der Waals surface area contributed by atoms with E-state index in [2.05, 4.69) is 4.72 Å². The number of nitrogens with one attached hydrogen (secondary N) is 1. The lowest BCUT2D eigenvalue weighted by atomic mass is 9.95. The first kappa shape index (κ1) is 22.6. The average molecular weight is 492 g/mol. The second kappa shape index (κ2) is 8.42. The van der Waals surface area contributed by atoms with Crippen LogP contribution in [0.1, 0.15) is 10.4 Å². The number of rotatable bonds is 5. The summed E-state index contributed by atoms with van der Waals surface area (Å²) in [6.07, 6.45) is 0. The van der Waals surface area contributed by atoms with Gasteiger partial charge in [0.15, 0.2) is 0 Å². The summed E-state index contributed by atoms with van der Waals surface area (Å²) in [5, 5.41) is 9.22. The highest BCUT2D eigenvalue weighted by Gasteiger charge is 2.23. The zero-order chi connectivity index (χ0) is 23.9. The number of anilines is 1. The van der Waals surface area contributed by atoms with Crippen molar-refractivity contribution in [2.24, 2.45) is 0 Å². The molecule has 4 rings (SSSR count). The third-order valence-electron chi connectivity index (χ3n) is 4.92. The second-order valence-electron chi connectivity index (χ2n) is 7.01. The van der Waals surface area contributed by atoms with Crippen LogP contribution in [-0.2, 0) is 10.0 Å². The van der Waals surface area contributed by atoms with Crippen molar-refractivity contribution in [2.75, 3.05) is 4.72 Å². The van der Waals surface area contributed by atoms with Gasteiger partial charge in [-0.2, -0.15) is 0 Å². The van der Waals surface area contributed by atoms with E-state index in [0.29, 0.717) is 28.5 Å². The van der Waals surface area contributed by atoms with Gasteiger partial charge in [0.25, 0.3) is 10.0 Å². The van der Waals surface area contributed by atoms with Crippen LogP contribution in [0.25, 0.3) is 21.9 Å². The van der Waals surface area contributed by atoms with E-state index >= 15 is 0 Å². The summed E-state index contributed by atoms with van der Waals surface area (Å²) in [6.45, 7) is 0. The minimum absolute atomic E-state index is 0.00996. The molecule has 0 radical (unpaired) electrons. The van der Waals surface area contributed by atoms with Crippen molar-refractivity contribution in [1.29, 1.82) is 0 Å². The number of benzene rings is 4. The standard InChI is InChI=1S/C23H13ClF3NO4S/c24-22-19(27)10-13(25)11-21(22)33(31,32)28-20-8-6-15(14-3-1-2-4-16(14)20)17-9-12(23(29)30)5-7-18(17)26/h1-11,28H,(H,29,30). The maximum Gasteiger partial charge on any atom is 0.335 e. The number of hydrogen-bond donors (Lipinski definition) is 2. The maximum atomic E-state index is 14.6. The quantitative estimate of drug-likeness (QED) is 0.332. The van der Waals surface area contributed by atoms with Gasteiger partial charge in [-0.05, 0) is 41.3 Å². The Kier molecular flexibility index (Phi) is 5.77. The number of carboxylic acids is 1. The van der Waals surface area contributed by atoms with Crippen LogP contribution in [0, 0.1) is 17.5 Å². The molecule has 0 amide bonds. The van der Waals surface area contributed by atoms with Gasteiger partial charge >= 0.3 is 5.97 Å². The summed E-state index contributed by atoms with van der Waals surface area (Å²) < 4.78 is 69.9. The first-order valence-electron chi connectivity index (χ1n) is 9.31. The van der Waals surface area contributed by atoms with Crippen LogP contribution in [-0.4, -0.2) is 19.5 Å². The van der Waals surface area contributed by atoms with Crippen LogP contribution in [0.2, 0.25) is 5.02 Å². The lowest BCUT2D eigenvalue weighted by Crippen LogP contribution is -2.14. The molecule has 0 spiro atoms. The van der Waals surface area contributed by atoms with Gasteiger partial charge in [0.2, 0.25) is 0 Å². The molecule has 0 fully saturated rings. The maximum absolute atomic E-state index is 14.6. The molecule has 0 saturated carbocycles. The molecule has 2 N–H and O–H groups in total. The number of aromatic carboxylic acids is 1. The Labute approximate surface area is 191 Å². The van der Waals surface area contributed by atoms with Crippen LogP contribution in [0.15, 0.2) is 71.6 Å². The molecule has 0 atom stereocenters. The molecule has 4 aromatic carbocycles. The largest absolute Gasteiger partial charge is 0.478 e. The molecule has 4 aromatic rings. The van der Waals surface area contributed by atoms with Gasteiger partial charge in [0, 0.05) is 17.0 Å². The number of carbonyl (C=O) groups is 1. The van der Waals surface area contributed by atoms with Gasteiger partial charge in [-0.25, -0.2) is 26.4 Å². The molecule has 33 heavy (non-hydrogen) atoms. The van der Waals surface area contributed by atoms with Gasteiger partial charge in [-0.3, -0.25) is 4.72 Å². The number of carboxylic acid groups (broad SMARTS) is 1. The van der Waals surface area contributed by atoms with E-state index in [1.807, 2.05) is 0 Å². The highest BCUT2D eigenvalue weighted by molar-refractivity contribution is 7.92. The summed E-state index contributed by atoms with van der Waals surface area (Å²) in [7, 11) is -4.50. The van der Waals surface area contributed by atoms with Gasteiger partial charge in [0.1, 0.15) is 22.3 Å². The van der Waals surface area contributed by atoms with Crippen LogP contribution in [0.4, 0.5) is 18.9 Å². The number of halogens is 4. The van der Waals surface area contributed by atoms with Crippen LogP contribution in [0.5, 0.6) is 0 Å². The molecule has 0 heterocycles. The van der Waals surface area contributed by atoms with E-state index in [0.717, 1.165) is 12.1 Å². The van der Waals surface area contributed by atoms with Gasteiger partial charge in [0.05, 0.1) is 16.3 Å². The Bertz CT molecular complexity index is 1540. The van der Waals surface area contributed by atoms with E-state index in [-0.39, 0.29) is 16.8 Å². The van der Waals surface area contributed by atoms with Crippen molar-refractivity contribution < 1.29 is 31.5 Å². The smallest absolute Gasteiger partial charge is 0.335 e. The fourth-order valence-corrected chi connectivity index (χ4v) is 5.01. The highest BCUT2D eigenvalue weighted by atomic mass is 35.5. The molecule has 0 saturated heterocycles. The lowest BCUT2D eigenvalue weighted by molar-refractivity contribution is 0.0697. The highest BCUT2D eigenvalue weighted by Crippen LogP contribution is 2.36. The summed E-state index contributed by atoms with van der Waals surface area (Å²) in [6, 6.07) is 13.6. The summed E-state index contributed by atoms with van der Waals surface area (Å²) in [4.78, 5) is 10.5. The summed E-state index contributed by atoms with van der Waals surface area (Å²) in [5.41, 5.74) is 0.257. The Morgan fingerprint density at radius 3 is 2.24 bits per heavy atom. The van der Waals surface area contributed by atoms with Gasteiger partial charge in [-0.1, -0.05) is 41.9 Å². The predicted octanol–water partition coefficient (Wildman–Crippen LogP) is 6.08.